The van der Waals surface area contributed by atoms with Crippen LogP contribution in [0.1, 0.15) is 24.5 Å². The molecule has 2 heteroatoms. The first-order valence-electron chi connectivity index (χ1n) is 5.87. The van der Waals surface area contributed by atoms with Gasteiger partial charge < -0.3 is 11.5 Å². The van der Waals surface area contributed by atoms with E-state index < -0.39 is 5.54 Å². The van der Waals surface area contributed by atoms with Crippen LogP contribution in [-0.2, 0) is 5.54 Å². The third-order valence-electron chi connectivity index (χ3n) is 3.25. The van der Waals surface area contributed by atoms with E-state index in [4.69, 9.17) is 11.5 Å². The van der Waals surface area contributed by atoms with Crippen molar-refractivity contribution in [1.29, 1.82) is 0 Å². The van der Waals surface area contributed by atoms with Gasteiger partial charge >= 0.3 is 0 Å². The average Bonchev–Trinajstić information content (AvgIpc) is 2.39. The maximum Gasteiger partial charge on any atom is 0.0663 e. The Morgan fingerprint density at radius 3 is 2.18 bits per heavy atom. The highest BCUT2D eigenvalue weighted by atomic mass is 14.7. The standard InChI is InChI=1S/C15H18N2/c1-2-15(17,12-7-4-3-5-8-12)13-9-6-10-14(16)11-13/h3-11H,2,16-17H2,1H3. The highest BCUT2D eigenvalue weighted by Gasteiger charge is 2.27. The van der Waals surface area contributed by atoms with Gasteiger partial charge in [0, 0.05) is 5.69 Å². The molecule has 88 valence electrons. The summed E-state index contributed by atoms with van der Waals surface area (Å²) in [7, 11) is 0. The van der Waals surface area contributed by atoms with Gasteiger partial charge in [-0.05, 0) is 29.7 Å². The van der Waals surface area contributed by atoms with Crippen molar-refractivity contribution in [2.75, 3.05) is 5.73 Å². The SMILES string of the molecule is CCC(N)(c1ccccc1)c1cccc(N)c1. The molecule has 0 amide bonds. The minimum absolute atomic E-state index is 0.462. The van der Waals surface area contributed by atoms with Crippen LogP contribution in [0.4, 0.5) is 5.69 Å². The zero-order valence-corrected chi connectivity index (χ0v) is 10.1. The molecule has 0 aliphatic carbocycles. The Balaban J connectivity index is 2.52. The summed E-state index contributed by atoms with van der Waals surface area (Å²) in [6, 6.07) is 18.0. The normalized spacial score (nSPS) is 14.2. The number of nitrogen functional groups attached to an aromatic ring is 1. The molecule has 0 heterocycles. The molecule has 0 fully saturated rings. The first-order valence-corrected chi connectivity index (χ1v) is 5.87. The summed E-state index contributed by atoms with van der Waals surface area (Å²) in [4.78, 5) is 0. The smallest absolute Gasteiger partial charge is 0.0663 e. The molecule has 4 N–H and O–H groups in total. The molecule has 2 nitrogen and oxygen atoms in total. The van der Waals surface area contributed by atoms with Gasteiger partial charge in [0.15, 0.2) is 0 Å². The molecule has 17 heavy (non-hydrogen) atoms. The lowest BCUT2D eigenvalue weighted by Gasteiger charge is -2.29. The minimum atomic E-state index is -0.462. The van der Waals surface area contributed by atoms with Crippen LogP contribution in [0.2, 0.25) is 0 Å². The first-order chi connectivity index (χ1) is 8.16. The highest BCUT2D eigenvalue weighted by molar-refractivity contribution is 5.46. The highest BCUT2D eigenvalue weighted by Crippen LogP contribution is 2.30. The van der Waals surface area contributed by atoms with Gasteiger partial charge in [-0.25, -0.2) is 0 Å². The van der Waals surface area contributed by atoms with Crippen molar-refractivity contribution in [2.24, 2.45) is 5.73 Å². The summed E-state index contributed by atoms with van der Waals surface area (Å²) in [5.41, 5.74) is 14.9. The Morgan fingerprint density at radius 2 is 1.59 bits per heavy atom. The molecule has 1 unspecified atom stereocenters. The first kappa shape index (κ1) is 11.7. The van der Waals surface area contributed by atoms with Crippen LogP contribution in [0.25, 0.3) is 0 Å². The lowest BCUT2D eigenvalue weighted by atomic mass is 9.81. The topological polar surface area (TPSA) is 52.0 Å². The molecule has 2 aromatic carbocycles. The molecule has 0 aromatic heterocycles. The van der Waals surface area contributed by atoms with E-state index in [2.05, 4.69) is 19.1 Å². The Labute approximate surface area is 102 Å². The molecular weight excluding hydrogens is 208 g/mol. The maximum absolute atomic E-state index is 6.55. The largest absolute Gasteiger partial charge is 0.399 e. The molecule has 0 saturated carbocycles. The lowest BCUT2D eigenvalue weighted by molar-refractivity contribution is 0.519. The third-order valence-corrected chi connectivity index (χ3v) is 3.25. The maximum atomic E-state index is 6.55. The number of rotatable bonds is 3. The molecule has 2 rings (SSSR count). The summed E-state index contributed by atoms with van der Waals surface area (Å²) in [5.74, 6) is 0. The quantitative estimate of drug-likeness (QED) is 0.791. The molecular formula is C15H18N2. The molecule has 0 bridgehead atoms. The van der Waals surface area contributed by atoms with Crippen molar-refractivity contribution < 1.29 is 0 Å². The summed E-state index contributed by atoms with van der Waals surface area (Å²) >= 11 is 0. The number of hydrogen-bond acceptors (Lipinski definition) is 2. The number of hydrogen-bond donors (Lipinski definition) is 2. The fraction of sp³-hybridized carbons (Fsp3) is 0.200. The van der Waals surface area contributed by atoms with Crippen LogP contribution in [0.3, 0.4) is 0 Å². The van der Waals surface area contributed by atoms with E-state index in [0.29, 0.717) is 0 Å². The Bertz CT molecular complexity index is 493. The molecule has 2 aromatic rings. The van der Waals surface area contributed by atoms with Gasteiger partial charge in [-0.3, -0.25) is 0 Å². The third kappa shape index (κ3) is 2.17. The average molecular weight is 226 g/mol. The van der Waals surface area contributed by atoms with Crippen molar-refractivity contribution in [3.63, 3.8) is 0 Å². The fourth-order valence-corrected chi connectivity index (χ4v) is 2.13. The Kier molecular flexibility index (Phi) is 3.16. The zero-order chi connectivity index (χ0) is 12.3. The number of anilines is 1. The summed E-state index contributed by atoms with van der Waals surface area (Å²) in [6.07, 6.45) is 0.834. The second-order valence-electron chi connectivity index (χ2n) is 4.32. The van der Waals surface area contributed by atoms with Crippen molar-refractivity contribution in [1.82, 2.24) is 0 Å². The van der Waals surface area contributed by atoms with Crippen LogP contribution in [0, 0.1) is 0 Å². The van der Waals surface area contributed by atoms with E-state index in [1.165, 1.54) is 0 Å². The van der Waals surface area contributed by atoms with Crippen LogP contribution < -0.4 is 11.5 Å². The summed E-state index contributed by atoms with van der Waals surface area (Å²) in [6.45, 7) is 2.09. The molecule has 0 saturated heterocycles. The number of nitrogens with two attached hydrogens (primary N) is 2. The van der Waals surface area contributed by atoms with E-state index in [9.17, 15) is 0 Å². The van der Waals surface area contributed by atoms with Gasteiger partial charge in [-0.2, -0.15) is 0 Å². The van der Waals surface area contributed by atoms with Crippen molar-refractivity contribution in [2.45, 2.75) is 18.9 Å². The van der Waals surface area contributed by atoms with Gasteiger partial charge in [0.05, 0.1) is 5.54 Å². The second kappa shape index (κ2) is 4.60. The lowest BCUT2D eigenvalue weighted by Crippen LogP contribution is -2.37. The van der Waals surface area contributed by atoms with Crippen molar-refractivity contribution in [3.8, 4) is 0 Å². The molecule has 1 atom stereocenters. The van der Waals surface area contributed by atoms with E-state index in [1.807, 2.05) is 42.5 Å². The van der Waals surface area contributed by atoms with Gasteiger partial charge in [-0.1, -0.05) is 49.4 Å². The molecule has 0 aliphatic rings. The fourth-order valence-electron chi connectivity index (χ4n) is 2.13. The van der Waals surface area contributed by atoms with E-state index in [0.717, 1.165) is 23.2 Å². The summed E-state index contributed by atoms with van der Waals surface area (Å²) in [5, 5.41) is 0. The van der Waals surface area contributed by atoms with E-state index in [1.54, 1.807) is 0 Å². The predicted octanol–water partition coefficient (Wildman–Crippen LogP) is 2.88. The van der Waals surface area contributed by atoms with Gasteiger partial charge in [-0.15, -0.1) is 0 Å². The van der Waals surface area contributed by atoms with Crippen LogP contribution in [0.15, 0.2) is 54.6 Å². The predicted molar refractivity (Wildman–Crippen MR) is 72.6 cm³/mol. The van der Waals surface area contributed by atoms with Gasteiger partial charge in [0.2, 0.25) is 0 Å². The van der Waals surface area contributed by atoms with E-state index >= 15 is 0 Å². The van der Waals surface area contributed by atoms with Crippen LogP contribution in [0.5, 0.6) is 0 Å². The number of benzene rings is 2. The molecule has 0 spiro atoms. The van der Waals surface area contributed by atoms with Gasteiger partial charge in [0.25, 0.3) is 0 Å². The monoisotopic (exact) mass is 226 g/mol. The van der Waals surface area contributed by atoms with E-state index in [-0.39, 0.29) is 0 Å². The molecule has 0 aliphatic heterocycles. The van der Waals surface area contributed by atoms with Crippen molar-refractivity contribution in [3.05, 3.63) is 65.7 Å². The van der Waals surface area contributed by atoms with Crippen LogP contribution in [-0.4, -0.2) is 0 Å². The minimum Gasteiger partial charge on any atom is -0.399 e. The van der Waals surface area contributed by atoms with Gasteiger partial charge in [0.1, 0.15) is 0 Å². The molecule has 0 radical (unpaired) electrons. The second-order valence-corrected chi connectivity index (χ2v) is 4.32. The van der Waals surface area contributed by atoms with Crippen LogP contribution >= 0.6 is 0 Å². The Morgan fingerprint density at radius 1 is 0.941 bits per heavy atom. The summed E-state index contributed by atoms with van der Waals surface area (Å²) < 4.78 is 0. The zero-order valence-electron chi connectivity index (χ0n) is 10.1. The van der Waals surface area contributed by atoms with Crippen molar-refractivity contribution >= 4 is 5.69 Å². The Hall–Kier alpha value is -1.80.